The van der Waals surface area contributed by atoms with Crippen LogP contribution >= 0.6 is 0 Å². The highest BCUT2D eigenvalue weighted by molar-refractivity contribution is 5.96. The number of carbonyl (C=O) groups is 1. The van der Waals surface area contributed by atoms with Crippen LogP contribution in [-0.2, 0) is 13.5 Å². The lowest BCUT2D eigenvalue weighted by molar-refractivity contribution is 0.0731. The monoisotopic (exact) mass is 332 g/mol. The third-order valence-electron chi connectivity index (χ3n) is 4.74. The van der Waals surface area contributed by atoms with Gasteiger partial charge in [0.1, 0.15) is 11.3 Å². The summed E-state index contributed by atoms with van der Waals surface area (Å²) < 4.78 is 12.5. The quantitative estimate of drug-likeness (QED) is 0.860. The second-order valence-electron chi connectivity index (χ2n) is 6.20. The van der Waals surface area contributed by atoms with Crippen molar-refractivity contribution in [3.63, 3.8) is 0 Å². The fourth-order valence-corrected chi connectivity index (χ4v) is 3.67. The minimum absolute atomic E-state index is 0.0154. The molecule has 0 aromatic carbocycles. The van der Waals surface area contributed by atoms with Gasteiger partial charge >= 0.3 is 0 Å². The normalized spacial score (nSPS) is 17.5. The largest absolute Gasteiger partial charge is 0.481 e. The minimum Gasteiger partial charge on any atom is -0.481 e. The van der Waals surface area contributed by atoms with Crippen LogP contribution in [0.25, 0.3) is 0 Å². The van der Waals surface area contributed by atoms with Crippen molar-refractivity contribution in [2.75, 3.05) is 13.7 Å². The Bertz CT molecular complexity index is 762. The molecule has 0 spiro atoms. The topological polar surface area (TPSA) is 73.4 Å². The maximum Gasteiger partial charge on any atom is 0.259 e. The Hall–Kier alpha value is -2.31. The first-order valence-electron chi connectivity index (χ1n) is 8.33. The lowest BCUT2D eigenvalue weighted by atomic mass is 10.0. The van der Waals surface area contributed by atoms with Gasteiger partial charge in [-0.15, -0.1) is 0 Å². The van der Waals surface area contributed by atoms with Crippen molar-refractivity contribution in [3.05, 3.63) is 28.3 Å². The van der Waals surface area contributed by atoms with Gasteiger partial charge in [0.2, 0.25) is 5.88 Å². The van der Waals surface area contributed by atoms with Crippen LogP contribution in [0.1, 0.15) is 58.9 Å². The van der Waals surface area contributed by atoms with Crippen LogP contribution < -0.4 is 4.74 Å². The highest BCUT2D eigenvalue weighted by Gasteiger charge is 2.37. The summed E-state index contributed by atoms with van der Waals surface area (Å²) in [5.41, 5.74) is 3.22. The lowest BCUT2D eigenvalue weighted by Gasteiger charge is -2.25. The summed E-state index contributed by atoms with van der Waals surface area (Å²) in [7, 11) is 3.50. The molecule has 24 heavy (non-hydrogen) atoms. The Balaban J connectivity index is 2.00. The second-order valence-corrected chi connectivity index (χ2v) is 6.20. The van der Waals surface area contributed by atoms with Gasteiger partial charge in [0.25, 0.3) is 5.91 Å². The highest BCUT2D eigenvalue weighted by atomic mass is 16.5. The van der Waals surface area contributed by atoms with Crippen molar-refractivity contribution in [1.29, 1.82) is 0 Å². The molecule has 3 rings (SSSR count). The van der Waals surface area contributed by atoms with E-state index in [-0.39, 0.29) is 11.9 Å². The predicted octanol–water partition coefficient (Wildman–Crippen LogP) is 2.57. The molecule has 0 radical (unpaired) electrons. The second kappa shape index (κ2) is 6.30. The van der Waals surface area contributed by atoms with E-state index >= 15 is 0 Å². The molecule has 0 unspecified atom stereocenters. The Morgan fingerprint density at radius 3 is 2.83 bits per heavy atom. The van der Waals surface area contributed by atoms with E-state index in [1.807, 2.05) is 25.8 Å². The van der Waals surface area contributed by atoms with E-state index < -0.39 is 0 Å². The number of hydrogen-bond acceptors (Lipinski definition) is 5. The van der Waals surface area contributed by atoms with Crippen LogP contribution in [0.15, 0.2) is 4.52 Å². The highest BCUT2D eigenvalue weighted by Crippen LogP contribution is 2.39. The summed E-state index contributed by atoms with van der Waals surface area (Å²) in [6.07, 6.45) is 2.53. The lowest BCUT2D eigenvalue weighted by Crippen LogP contribution is -2.31. The fourth-order valence-electron chi connectivity index (χ4n) is 3.67. The van der Waals surface area contributed by atoms with E-state index in [9.17, 15) is 4.79 Å². The number of rotatable bonds is 4. The number of hydrogen-bond donors (Lipinski definition) is 0. The summed E-state index contributed by atoms with van der Waals surface area (Å²) in [6, 6.07) is -0.0276. The maximum atomic E-state index is 13.2. The molecule has 0 N–H and O–H groups in total. The van der Waals surface area contributed by atoms with Crippen molar-refractivity contribution in [2.24, 2.45) is 7.05 Å². The zero-order valence-corrected chi connectivity index (χ0v) is 14.9. The summed E-state index contributed by atoms with van der Waals surface area (Å²) in [5, 5.41) is 8.47. The maximum absolute atomic E-state index is 13.2. The van der Waals surface area contributed by atoms with Gasteiger partial charge in [-0.2, -0.15) is 5.10 Å². The van der Waals surface area contributed by atoms with Crippen molar-refractivity contribution >= 4 is 5.91 Å². The van der Waals surface area contributed by atoms with Gasteiger partial charge < -0.3 is 14.2 Å². The van der Waals surface area contributed by atoms with Crippen LogP contribution in [-0.4, -0.2) is 39.4 Å². The molecule has 7 heteroatoms. The van der Waals surface area contributed by atoms with E-state index in [2.05, 4.69) is 10.3 Å². The van der Waals surface area contributed by atoms with Crippen LogP contribution in [0.2, 0.25) is 0 Å². The molecule has 3 heterocycles. The number of methoxy groups -OCH3 is 1. The zero-order chi connectivity index (χ0) is 17.4. The van der Waals surface area contributed by atoms with Gasteiger partial charge in [0.15, 0.2) is 0 Å². The van der Waals surface area contributed by atoms with Crippen molar-refractivity contribution in [2.45, 2.75) is 46.1 Å². The van der Waals surface area contributed by atoms with E-state index in [0.29, 0.717) is 17.7 Å². The van der Waals surface area contributed by atoms with Crippen LogP contribution in [0.3, 0.4) is 0 Å². The molecule has 2 aromatic rings. The van der Waals surface area contributed by atoms with Gasteiger partial charge in [-0.05, 0) is 33.1 Å². The van der Waals surface area contributed by atoms with Crippen molar-refractivity contribution in [3.8, 4) is 5.88 Å². The molecule has 7 nitrogen and oxygen atoms in total. The third-order valence-corrected chi connectivity index (χ3v) is 4.74. The van der Waals surface area contributed by atoms with Gasteiger partial charge in [-0.3, -0.25) is 4.79 Å². The van der Waals surface area contributed by atoms with Crippen molar-refractivity contribution in [1.82, 2.24) is 19.8 Å². The van der Waals surface area contributed by atoms with Gasteiger partial charge in [-0.25, -0.2) is 4.68 Å². The molecule has 1 aliphatic heterocycles. The molecule has 1 saturated heterocycles. The molecule has 1 fully saturated rings. The number of nitrogens with zero attached hydrogens (tertiary/aromatic N) is 4. The van der Waals surface area contributed by atoms with E-state index in [0.717, 1.165) is 42.2 Å². The molecule has 130 valence electrons. The number of ether oxygens (including phenoxy) is 1. The van der Waals surface area contributed by atoms with Gasteiger partial charge in [-0.1, -0.05) is 12.1 Å². The number of aryl methyl sites for hydroxylation is 4. The van der Waals surface area contributed by atoms with Crippen LogP contribution in [0.4, 0.5) is 0 Å². The summed E-state index contributed by atoms with van der Waals surface area (Å²) in [6.45, 7) is 6.44. The molecule has 2 aromatic heterocycles. The molecule has 1 amide bonds. The predicted molar refractivity (Wildman–Crippen MR) is 88.1 cm³/mol. The molecular formula is C17H24N4O3. The van der Waals surface area contributed by atoms with Gasteiger partial charge in [0, 0.05) is 13.6 Å². The van der Waals surface area contributed by atoms with E-state index in [1.165, 1.54) is 0 Å². The molecular weight excluding hydrogens is 308 g/mol. The van der Waals surface area contributed by atoms with Gasteiger partial charge in [0.05, 0.1) is 30.1 Å². The first kappa shape index (κ1) is 16.5. The van der Waals surface area contributed by atoms with Crippen molar-refractivity contribution < 1.29 is 14.1 Å². The Morgan fingerprint density at radius 1 is 1.42 bits per heavy atom. The molecule has 0 aliphatic carbocycles. The summed E-state index contributed by atoms with van der Waals surface area (Å²) in [4.78, 5) is 15.1. The number of likely N-dealkylation sites (tertiary alicyclic amines) is 1. The molecule has 1 aliphatic rings. The third kappa shape index (κ3) is 2.48. The number of amides is 1. The summed E-state index contributed by atoms with van der Waals surface area (Å²) >= 11 is 0. The SMILES string of the molecule is CCc1noc(C)c1C(=O)N1CCC[C@H]1c1c(C)nn(C)c1OC. The minimum atomic E-state index is -0.0276. The average Bonchev–Trinajstić information content (AvgIpc) is 3.23. The smallest absolute Gasteiger partial charge is 0.259 e. The van der Waals surface area contributed by atoms with E-state index in [1.54, 1.807) is 18.7 Å². The van der Waals surface area contributed by atoms with E-state index in [4.69, 9.17) is 9.26 Å². The number of aromatic nitrogens is 3. The zero-order valence-electron chi connectivity index (χ0n) is 14.9. The average molecular weight is 332 g/mol. The van der Waals surface area contributed by atoms with Crippen LogP contribution in [0, 0.1) is 13.8 Å². The van der Waals surface area contributed by atoms with Crippen LogP contribution in [0.5, 0.6) is 5.88 Å². The number of carbonyl (C=O) groups excluding carboxylic acids is 1. The standard InChI is InChI=1S/C17H24N4O3/c1-6-12-15(11(3)24-19-12)16(22)21-9-7-8-13(21)14-10(2)18-20(4)17(14)23-5/h13H,6-9H2,1-5H3/t13-/m0/s1. The Morgan fingerprint density at radius 2 is 2.17 bits per heavy atom. The Labute approximate surface area is 141 Å². The first-order chi connectivity index (χ1) is 11.5. The molecule has 0 saturated carbocycles. The molecule has 0 bridgehead atoms. The Kier molecular flexibility index (Phi) is 4.34. The fraction of sp³-hybridized carbons (Fsp3) is 0.588. The first-order valence-corrected chi connectivity index (χ1v) is 8.33. The molecule has 1 atom stereocenters. The summed E-state index contributed by atoms with van der Waals surface area (Å²) in [5.74, 6) is 1.28.